The maximum absolute atomic E-state index is 9.61. The third-order valence-electron chi connectivity index (χ3n) is 8.99. The van der Waals surface area contributed by atoms with Gasteiger partial charge < -0.3 is 9.47 Å². The molecule has 0 bridgehead atoms. The first-order valence-corrected chi connectivity index (χ1v) is 15.7. The fourth-order valence-electron chi connectivity index (χ4n) is 6.68. The largest absolute Gasteiger partial charge is 0.359 e. The first kappa shape index (κ1) is 27.6. The molecule has 0 spiro atoms. The molecule has 6 aromatic carbocycles. The number of hydrogen-bond acceptors (Lipinski definition) is 1. The summed E-state index contributed by atoms with van der Waals surface area (Å²) in [6.07, 6.45) is 0. The van der Waals surface area contributed by atoms with E-state index in [4.69, 9.17) is 4.99 Å². The van der Waals surface area contributed by atoms with Crippen molar-refractivity contribution in [2.24, 2.45) is 4.99 Å². The predicted octanol–water partition coefficient (Wildman–Crippen LogP) is 9.74. The van der Waals surface area contributed by atoms with Gasteiger partial charge in [-0.2, -0.15) is 4.99 Å². The van der Waals surface area contributed by atoms with Crippen molar-refractivity contribution >= 4 is 55.4 Å². The maximum Gasteiger partial charge on any atom is 0.229 e. The molecular weight excluding hydrogens is 562 g/mol. The van der Waals surface area contributed by atoms with Crippen LogP contribution in [0.2, 0.25) is 0 Å². The van der Waals surface area contributed by atoms with Crippen LogP contribution in [0.25, 0.3) is 60.4 Å². The Morgan fingerprint density at radius 2 is 1.13 bits per heavy atom. The molecule has 8 rings (SSSR count). The standard InChI is InChI=1S/C41H33N5/c1-3-44(2)40(30-16-8-5-9-17-30)43-41(42)46-37-21-13-11-19-33(37)35-27-26-34-32-18-10-12-20-36(32)45(38(34)39(35)46)31-24-22-29(23-25-31)28-14-6-4-7-15-28/h4-27,42H,3H2,1-2H3/b42-41?,43-40-. The lowest BCUT2D eigenvalue weighted by atomic mass is 10.1. The van der Waals surface area contributed by atoms with Gasteiger partial charge >= 0.3 is 0 Å². The average Bonchev–Trinajstić information content (AvgIpc) is 3.64. The molecular formula is C41H33N5. The second kappa shape index (κ2) is 11.2. The molecule has 0 saturated heterocycles. The molecule has 5 nitrogen and oxygen atoms in total. The molecule has 46 heavy (non-hydrogen) atoms. The summed E-state index contributed by atoms with van der Waals surface area (Å²) < 4.78 is 4.39. The van der Waals surface area contributed by atoms with Crippen LogP contribution in [-0.2, 0) is 0 Å². The molecule has 0 atom stereocenters. The molecule has 0 aliphatic carbocycles. The Hall–Kier alpha value is -5.94. The van der Waals surface area contributed by atoms with Crippen molar-refractivity contribution in [2.75, 3.05) is 13.6 Å². The molecule has 0 unspecified atom stereocenters. The molecule has 2 heterocycles. The Labute approximate surface area is 267 Å². The van der Waals surface area contributed by atoms with Gasteiger partial charge in [0.1, 0.15) is 5.84 Å². The topological polar surface area (TPSA) is 49.3 Å². The number of amidine groups is 1. The van der Waals surface area contributed by atoms with Crippen molar-refractivity contribution in [1.29, 1.82) is 5.41 Å². The molecule has 0 aliphatic rings. The van der Waals surface area contributed by atoms with Gasteiger partial charge in [-0.1, -0.05) is 121 Å². The van der Waals surface area contributed by atoms with Gasteiger partial charge in [-0.15, -0.1) is 0 Å². The monoisotopic (exact) mass is 595 g/mol. The van der Waals surface area contributed by atoms with E-state index in [9.17, 15) is 5.41 Å². The highest BCUT2D eigenvalue weighted by Crippen LogP contribution is 2.40. The highest BCUT2D eigenvalue weighted by Gasteiger charge is 2.22. The summed E-state index contributed by atoms with van der Waals surface area (Å²) in [6.45, 7) is 2.87. The Morgan fingerprint density at radius 3 is 1.80 bits per heavy atom. The van der Waals surface area contributed by atoms with Crippen LogP contribution in [-0.4, -0.2) is 39.4 Å². The van der Waals surface area contributed by atoms with Crippen molar-refractivity contribution in [3.63, 3.8) is 0 Å². The van der Waals surface area contributed by atoms with Gasteiger partial charge in [-0.05, 0) is 42.3 Å². The summed E-state index contributed by atoms with van der Waals surface area (Å²) in [6, 6.07) is 50.8. The van der Waals surface area contributed by atoms with Crippen LogP contribution in [0.3, 0.4) is 0 Å². The number of nitrogens with zero attached hydrogens (tertiary/aromatic N) is 4. The number of rotatable bonds is 4. The van der Waals surface area contributed by atoms with Crippen molar-refractivity contribution in [3.8, 4) is 16.8 Å². The van der Waals surface area contributed by atoms with E-state index in [1.54, 1.807) is 0 Å². The number of benzene rings is 6. The fraction of sp³-hybridized carbons (Fsp3) is 0.0732. The van der Waals surface area contributed by atoms with Crippen LogP contribution in [0.4, 0.5) is 0 Å². The van der Waals surface area contributed by atoms with Gasteiger partial charge in [0.15, 0.2) is 0 Å². The Morgan fingerprint density at radius 1 is 0.587 bits per heavy atom. The number of aliphatic imine (C=N–C) groups is 1. The van der Waals surface area contributed by atoms with Gasteiger partial charge in [0.2, 0.25) is 5.96 Å². The average molecular weight is 596 g/mol. The first-order valence-electron chi connectivity index (χ1n) is 15.7. The summed E-state index contributed by atoms with van der Waals surface area (Å²) >= 11 is 0. The number of nitrogens with one attached hydrogen (secondary N) is 1. The maximum atomic E-state index is 9.61. The molecule has 0 radical (unpaired) electrons. The summed E-state index contributed by atoms with van der Waals surface area (Å²) in [7, 11) is 2.03. The van der Waals surface area contributed by atoms with Gasteiger partial charge in [0.05, 0.1) is 22.1 Å². The van der Waals surface area contributed by atoms with E-state index in [1.165, 1.54) is 16.5 Å². The van der Waals surface area contributed by atoms with Gasteiger partial charge in [-0.25, -0.2) is 0 Å². The number of hydrogen-bond donors (Lipinski definition) is 1. The van der Waals surface area contributed by atoms with E-state index in [2.05, 4.69) is 132 Å². The summed E-state index contributed by atoms with van der Waals surface area (Å²) in [5, 5.41) is 14.1. The summed E-state index contributed by atoms with van der Waals surface area (Å²) in [5.41, 5.74) is 8.54. The van der Waals surface area contributed by atoms with E-state index < -0.39 is 0 Å². The van der Waals surface area contributed by atoms with Crippen LogP contribution in [0.15, 0.2) is 151 Å². The lowest BCUT2D eigenvalue weighted by Gasteiger charge is -2.20. The van der Waals surface area contributed by atoms with E-state index in [0.29, 0.717) is 0 Å². The number of fused-ring (bicyclic) bond motifs is 7. The van der Waals surface area contributed by atoms with Crippen LogP contribution in [0.1, 0.15) is 12.5 Å². The zero-order chi connectivity index (χ0) is 31.2. The zero-order valence-corrected chi connectivity index (χ0v) is 25.9. The molecule has 0 saturated carbocycles. The van der Waals surface area contributed by atoms with Crippen LogP contribution >= 0.6 is 0 Å². The van der Waals surface area contributed by atoms with E-state index in [1.807, 2.05) is 41.9 Å². The molecule has 2 aromatic heterocycles. The third kappa shape index (κ3) is 4.39. The zero-order valence-electron chi connectivity index (χ0n) is 25.9. The second-order valence-electron chi connectivity index (χ2n) is 11.6. The highest BCUT2D eigenvalue weighted by molar-refractivity contribution is 6.26. The van der Waals surface area contributed by atoms with Crippen molar-refractivity contribution in [2.45, 2.75) is 6.92 Å². The van der Waals surface area contributed by atoms with Gasteiger partial charge in [0.25, 0.3) is 0 Å². The summed E-state index contributed by atoms with van der Waals surface area (Å²) in [4.78, 5) is 7.14. The molecule has 0 amide bonds. The lowest BCUT2D eigenvalue weighted by molar-refractivity contribution is 0.537. The third-order valence-corrected chi connectivity index (χ3v) is 8.99. The molecule has 0 fully saturated rings. The Balaban J connectivity index is 1.44. The Bertz CT molecular complexity index is 2410. The van der Waals surface area contributed by atoms with Gasteiger partial charge in [0, 0.05) is 46.4 Å². The van der Waals surface area contributed by atoms with E-state index in [-0.39, 0.29) is 5.96 Å². The predicted molar refractivity (Wildman–Crippen MR) is 194 cm³/mol. The van der Waals surface area contributed by atoms with Gasteiger partial charge in [-0.3, -0.25) is 9.98 Å². The smallest absolute Gasteiger partial charge is 0.229 e. The normalized spacial score (nSPS) is 12.0. The summed E-state index contributed by atoms with van der Waals surface area (Å²) in [5.74, 6) is 0.942. The molecule has 1 N–H and O–H groups in total. The van der Waals surface area contributed by atoms with Crippen molar-refractivity contribution in [3.05, 3.63) is 151 Å². The van der Waals surface area contributed by atoms with E-state index >= 15 is 0 Å². The quantitative estimate of drug-likeness (QED) is 0.160. The van der Waals surface area contributed by atoms with Crippen molar-refractivity contribution in [1.82, 2.24) is 14.0 Å². The lowest BCUT2D eigenvalue weighted by Crippen LogP contribution is -2.29. The fourth-order valence-corrected chi connectivity index (χ4v) is 6.68. The van der Waals surface area contributed by atoms with Crippen molar-refractivity contribution < 1.29 is 0 Å². The minimum Gasteiger partial charge on any atom is -0.359 e. The molecule has 222 valence electrons. The highest BCUT2D eigenvalue weighted by atomic mass is 15.2. The van der Waals surface area contributed by atoms with Crippen LogP contribution in [0.5, 0.6) is 0 Å². The second-order valence-corrected chi connectivity index (χ2v) is 11.6. The molecule has 8 aromatic rings. The Kier molecular flexibility index (Phi) is 6.72. The van der Waals surface area contributed by atoms with E-state index in [0.717, 1.165) is 61.9 Å². The van der Waals surface area contributed by atoms with Crippen LogP contribution < -0.4 is 0 Å². The number of aromatic nitrogens is 2. The number of para-hydroxylation sites is 2. The van der Waals surface area contributed by atoms with Crippen LogP contribution in [0, 0.1) is 5.41 Å². The molecule has 5 heteroatoms. The minimum absolute atomic E-state index is 0.175. The minimum atomic E-state index is 0.175. The first-order chi connectivity index (χ1) is 22.6. The SMILES string of the molecule is CCN(C)/C(=N\C(=N)n1c2ccccc2c2ccc3c4ccccc4n(-c4ccc(-c5ccccc5)cc4)c3c21)c1ccccc1. The molecule has 0 aliphatic heterocycles.